The standard InChI is InChI=1S/C22H29N7O4/c1-2-25-5-9-27(10-6-25)21-20(29(30)31)22(24-15-23-21)28-11-7-26(8-12-28)14-17-3-4-18-19(13-17)33-16-32-18/h3-4,13,15H,2,5-12,14,16H2,1H3. The van der Waals surface area contributed by atoms with Crippen molar-refractivity contribution in [2.24, 2.45) is 0 Å². The van der Waals surface area contributed by atoms with Crippen LogP contribution in [0.2, 0.25) is 0 Å². The van der Waals surface area contributed by atoms with E-state index in [1.165, 1.54) is 6.33 Å². The molecule has 5 rings (SSSR count). The number of hydrogen-bond donors (Lipinski definition) is 0. The Hall–Kier alpha value is -3.18. The Morgan fingerprint density at radius 2 is 1.52 bits per heavy atom. The highest BCUT2D eigenvalue weighted by Gasteiger charge is 2.32. The van der Waals surface area contributed by atoms with Crippen LogP contribution >= 0.6 is 0 Å². The maximum absolute atomic E-state index is 12.1. The molecule has 0 amide bonds. The minimum absolute atomic E-state index is 0.0201. The molecule has 1 aromatic carbocycles. The smallest absolute Gasteiger partial charge is 0.353 e. The maximum Gasteiger partial charge on any atom is 0.353 e. The number of nitro groups is 1. The van der Waals surface area contributed by atoms with Gasteiger partial charge < -0.3 is 24.2 Å². The van der Waals surface area contributed by atoms with Gasteiger partial charge in [0.15, 0.2) is 11.5 Å². The lowest BCUT2D eigenvalue weighted by Gasteiger charge is -2.36. The van der Waals surface area contributed by atoms with Crippen molar-refractivity contribution in [1.82, 2.24) is 19.8 Å². The zero-order chi connectivity index (χ0) is 22.8. The summed E-state index contributed by atoms with van der Waals surface area (Å²) >= 11 is 0. The molecular formula is C22H29N7O4. The van der Waals surface area contributed by atoms with Crippen LogP contribution in [0.3, 0.4) is 0 Å². The molecule has 0 bridgehead atoms. The molecule has 4 heterocycles. The van der Waals surface area contributed by atoms with Crippen molar-refractivity contribution in [3.05, 3.63) is 40.2 Å². The average Bonchev–Trinajstić information content (AvgIpc) is 3.32. The summed E-state index contributed by atoms with van der Waals surface area (Å²) in [5.74, 6) is 2.43. The van der Waals surface area contributed by atoms with Crippen LogP contribution in [0, 0.1) is 10.1 Å². The van der Waals surface area contributed by atoms with Crippen molar-refractivity contribution in [2.75, 3.05) is 75.5 Å². The van der Waals surface area contributed by atoms with Crippen molar-refractivity contribution >= 4 is 17.3 Å². The Labute approximate surface area is 192 Å². The van der Waals surface area contributed by atoms with E-state index in [2.05, 4.69) is 32.8 Å². The van der Waals surface area contributed by atoms with Gasteiger partial charge in [-0.3, -0.25) is 15.0 Å². The van der Waals surface area contributed by atoms with Crippen LogP contribution in [0.5, 0.6) is 11.5 Å². The predicted octanol–water partition coefficient (Wildman–Crippen LogP) is 1.58. The van der Waals surface area contributed by atoms with E-state index in [9.17, 15) is 10.1 Å². The van der Waals surface area contributed by atoms with E-state index in [1.54, 1.807) is 0 Å². The molecule has 0 radical (unpaired) electrons. The van der Waals surface area contributed by atoms with E-state index in [0.717, 1.165) is 69.4 Å². The molecule has 3 aliphatic heterocycles. The van der Waals surface area contributed by atoms with Crippen LogP contribution in [0.25, 0.3) is 0 Å². The summed E-state index contributed by atoms with van der Waals surface area (Å²) < 4.78 is 10.9. The van der Waals surface area contributed by atoms with Crippen molar-refractivity contribution in [2.45, 2.75) is 13.5 Å². The number of nitrogens with zero attached hydrogens (tertiary/aromatic N) is 7. The summed E-state index contributed by atoms with van der Waals surface area (Å²) in [7, 11) is 0. The highest BCUT2D eigenvalue weighted by atomic mass is 16.7. The molecule has 0 unspecified atom stereocenters. The first kappa shape index (κ1) is 21.7. The maximum atomic E-state index is 12.1. The molecule has 11 nitrogen and oxygen atoms in total. The third-order valence-electron chi connectivity index (χ3n) is 6.60. The van der Waals surface area contributed by atoms with Gasteiger partial charge in [0.25, 0.3) is 0 Å². The van der Waals surface area contributed by atoms with E-state index >= 15 is 0 Å². The van der Waals surface area contributed by atoms with Crippen molar-refractivity contribution in [1.29, 1.82) is 0 Å². The SMILES string of the molecule is CCN1CCN(c2ncnc(N3CCN(Cc4ccc5c(c4)OCO5)CC3)c2[N+](=O)[O-])CC1. The highest BCUT2D eigenvalue weighted by molar-refractivity contribution is 5.71. The number of aromatic nitrogens is 2. The van der Waals surface area contributed by atoms with Gasteiger partial charge in [0.2, 0.25) is 18.4 Å². The van der Waals surface area contributed by atoms with Gasteiger partial charge >= 0.3 is 5.69 Å². The first-order chi connectivity index (χ1) is 16.1. The number of anilines is 2. The van der Waals surface area contributed by atoms with Gasteiger partial charge in [-0.2, -0.15) is 0 Å². The molecule has 11 heteroatoms. The third-order valence-corrected chi connectivity index (χ3v) is 6.60. The molecule has 2 saturated heterocycles. The van der Waals surface area contributed by atoms with Gasteiger partial charge in [-0.05, 0) is 24.2 Å². The zero-order valence-electron chi connectivity index (χ0n) is 18.9. The lowest BCUT2D eigenvalue weighted by molar-refractivity contribution is -0.383. The highest BCUT2D eigenvalue weighted by Crippen LogP contribution is 2.36. The molecule has 0 saturated carbocycles. The van der Waals surface area contributed by atoms with Crippen molar-refractivity contribution in [3.63, 3.8) is 0 Å². The number of piperazine rings is 2. The Balaban J connectivity index is 1.27. The van der Waals surface area contributed by atoms with Crippen molar-refractivity contribution in [3.8, 4) is 11.5 Å². The molecular weight excluding hydrogens is 426 g/mol. The summed E-state index contributed by atoms with van der Waals surface area (Å²) in [5, 5.41) is 12.1. The second kappa shape index (κ2) is 9.36. The van der Waals surface area contributed by atoms with Crippen LogP contribution in [0.1, 0.15) is 12.5 Å². The monoisotopic (exact) mass is 455 g/mol. The molecule has 1 aromatic heterocycles. The van der Waals surface area contributed by atoms with Gasteiger partial charge in [-0.25, -0.2) is 9.97 Å². The lowest BCUT2D eigenvalue weighted by Crippen LogP contribution is -2.47. The molecule has 176 valence electrons. The Kier molecular flexibility index (Phi) is 6.14. The number of rotatable bonds is 6. The molecule has 0 aliphatic carbocycles. The van der Waals surface area contributed by atoms with E-state index < -0.39 is 0 Å². The normalized spacial score (nSPS) is 19.2. The molecule has 0 spiro atoms. The Bertz CT molecular complexity index is 1000. The Morgan fingerprint density at radius 3 is 2.12 bits per heavy atom. The zero-order valence-corrected chi connectivity index (χ0v) is 18.9. The van der Waals surface area contributed by atoms with Crippen LogP contribution in [0.4, 0.5) is 17.3 Å². The molecule has 33 heavy (non-hydrogen) atoms. The summed E-state index contributed by atoms with van der Waals surface area (Å²) in [6.07, 6.45) is 1.46. The summed E-state index contributed by atoms with van der Waals surface area (Å²) in [5.41, 5.74) is 1.18. The third kappa shape index (κ3) is 4.51. The predicted molar refractivity (Wildman–Crippen MR) is 123 cm³/mol. The molecule has 2 aromatic rings. The molecule has 0 N–H and O–H groups in total. The first-order valence-electron chi connectivity index (χ1n) is 11.4. The topological polar surface area (TPSA) is 100 Å². The largest absolute Gasteiger partial charge is 0.454 e. The number of ether oxygens (including phenoxy) is 2. The van der Waals surface area contributed by atoms with Crippen molar-refractivity contribution < 1.29 is 14.4 Å². The van der Waals surface area contributed by atoms with Gasteiger partial charge in [0, 0.05) is 58.9 Å². The first-order valence-corrected chi connectivity index (χ1v) is 11.4. The number of benzene rings is 1. The quantitative estimate of drug-likeness (QED) is 0.471. The van der Waals surface area contributed by atoms with Crippen LogP contribution < -0.4 is 19.3 Å². The molecule has 2 fully saturated rings. The van der Waals surface area contributed by atoms with Crippen LogP contribution in [0.15, 0.2) is 24.5 Å². The number of likely N-dealkylation sites (N-methyl/N-ethyl adjacent to an activating group) is 1. The summed E-state index contributed by atoms with van der Waals surface area (Å²) in [6.45, 7) is 10.3. The van der Waals surface area contributed by atoms with E-state index in [4.69, 9.17) is 9.47 Å². The average molecular weight is 456 g/mol. The second-order valence-electron chi connectivity index (χ2n) is 8.50. The van der Waals surface area contributed by atoms with E-state index in [1.807, 2.05) is 21.9 Å². The van der Waals surface area contributed by atoms with Crippen LogP contribution in [-0.2, 0) is 6.54 Å². The van der Waals surface area contributed by atoms with Crippen LogP contribution in [-0.4, -0.2) is 90.4 Å². The molecule has 0 atom stereocenters. The summed E-state index contributed by atoms with van der Waals surface area (Å²) in [6, 6.07) is 6.02. The van der Waals surface area contributed by atoms with Gasteiger partial charge in [-0.1, -0.05) is 13.0 Å². The van der Waals surface area contributed by atoms with E-state index in [-0.39, 0.29) is 17.4 Å². The minimum Gasteiger partial charge on any atom is -0.454 e. The fourth-order valence-corrected chi connectivity index (χ4v) is 4.68. The number of fused-ring (bicyclic) bond motifs is 1. The van der Waals surface area contributed by atoms with E-state index in [0.29, 0.717) is 24.7 Å². The fourth-order valence-electron chi connectivity index (χ4n) is 4.68. The lowest BCUT2D eigenvalue weighted by atomic mass is 10.1. The Morgan fingerprint density at radius 1 is 0.909 bits per heavy atom. The molecule has 3 aliphatic rings. The fraction of sp³-hybridized carbons (Fsp3) is 0.545. The van der Waals surface area contributed by atoms with Gasteiger partial charge in [0.1, 0.15) is 6.33 Å². The van der Waals surface area contributed by atoms with Gasteiger partial charge in [-0.15, -0.1) is 0 Å². The minimum atomic E-state index is -0.324. The van der Waals surface area contributed by atoms with Gasteiger partial charge in [0.05, 0.1) is 4.92 Å². The second-order valence-corrected chi connectivity index (χ2v) is 8.50. The number of hydrogen-bond acceptors (Lipinski definition) is 10. The summed E-state index contributed by atoms with van der Waals surface area (Å²) in [4.78, 5) is 29.1.